The number of phosphoric ester groups is 1. The number of phosphoric acid groups is 1. The first-order chi connectivity index (χ1) is 27.5. The summed E-state index contributed by atoms with van der Waals surface area (Å²) in [4.78, 5) is 37.6. The van der Waals surface area contributed by atoms with Gasteiger partial charge in [-0.2, -0.15) is 0 Å². The molecule has 0 radical (unpaired) electrons. The Hall–Kier alpha value is -1.77. The van der Waals surface area contributed by atoms with Crippen molar-refractivity contribution in [2.24, 2.45) is 0 Å². The third-order valence-corrected chi connectivity index (χ3v) is 10.9. The van der Waals surface area contributed by atoms with Crippen molar-refractivity contribution in [2.75, 3.05) is 47.5 Å². The molecule has 0 heterocycles. The average Bonchev–Trinajstić information content (AvgIpc) is 3.16. The van der Waals surface area contributed by atoms with Crippen LogP contribution in [0.1, 0.15) is 200 Å². The molecule has 0 N–H and O–H groups in total. The van der Waals surface area contributed by atoms with E-state index in [0.717, 1.165) is 51.4 Å². The molecular weight excluding hydrogens is 737 g/mol. The monoisotopic (exact) mass is 826 g/mol. The Morgan fingerprint density at radius 1 is 0.544 bits per heavy atom. The van der Waals surface area contributed by atoms with Gasteiger partial charge < -0.3 is 27.9 Å². The van der Waals surface area contributed by atoms with Crippen molar-refractivity contribution in [3.63, 3.8) is 0 Å². The third-order valence-electron chi connectivity index (χ3n) is 9.91. The highest BCUT2D eigenvalue weighted by Gasteiger charge is 2.21. The number of carbonyl (C=O) groups excluding carboxylic acids is 2. The van der Waals surface area contributed by atoms with Gasteiger partial charge in [0, 0.05) is 12.8 Å². The van der Waals surface area contributed by atoms with Crippen LogP contribution < -0.4 is 4.89 Å². The van der Waals surface area contributed by atoms with E-state index in [0.29, 0.717) is 23.9 Å². The van der Waals surface area contributed by atoms with Crippen molar-refractivity contribution in [3.05, 3.63) is 36.5 Å². The minimum Gasteiger partial charge on any atom is -0.756 e. The van der Waals surface area contributed by atoms with Crippen LogP contribution in [0.2, 0.25) is 0 Å². The molecule has 334 valence electrons. The summed E-state index contributed by atoms with van der Waals surface area (Å²) in [6, 6.07) is 0. The molecule has 9 nitrogen and oxygen atoms in total. The molecule has 0 aromatic heterocycles. The summed E-state index contributed by atoms with van der Waals surface area (Å²) in [6.45, 7) is 4.17. The molecule has 0 amide bonds. The van der Waals surface area contributed by atoms with Crippen LogP contribution in [0.25, 0.3) is 0 Å². The lowest BCUT2D eigenvalue weighted by Gasteiger charge is -2.28. The first kappa shape index (κ1) is 55.2. The second-order valence-corrected chi connectivity index (χ2v) is 18.2. The molecule has 0 aliphatic carbocycles. The quantitative estimate of drug-likeness (QED) is 0.0197. The van der Waals surface area contributed by atoms with E-state index in [1.165, 1.54) is 109 Å². The fourth-order valence-corrected chi connectivity index (χ4v) is 6.98. The Bertz CT molecular complexity index is 1070. The van der Waals surface area contributed by atoms with Gasteiger partial charge in [-0.1, -0.05) is 172 Å². The largest absolute Gasteiger partial charge is 0.756 e. The van der Waals surface area contributed by atoms with Gasteiger partial charge in [0.15, 0.2) is 6.10 Å². The summed E-state index contributed by atoms with van der Waals surface area (Å²) in [6.07, 6.45) is 44.6. The van der Waals surface area contributed by atoms with Crippen molar-refractivity contribution >= 4 is 19.8 Å². The maximum Gasteiger partial charge on any atom is 0.306 e. The van der Waals surface area contributed by atoms with E-state index in [-0.39, 0.29) is 26.1 Å². The van der Waals surface area contributed by atoms with Gasteiger partial charge in [-0.15, -0.1) is 0 Å². The maximum absolute atomic E-state index is 12.7. The van der Waals surface area contributed by atoms with E-state index >= 15 is 0 Å². The minimum absolute atomic E-state index is 0.0359. The molecular formula is C47H88NO8P. The molecule has 0 aliphatic heterocycles. The molecule has 0 bridgehead atoms. The van der Waals surface area contributed by atoms with Gasteiger partial charge >= 0.3 is 11.9 Å². The maximum atomic E-state index is 12.7. The van der Waals surface area contributed by atoms with Gasteiger partial charge in [0.1, 0.15) is 19.8 Å². The summed E-state index contributed by atoms with van der Waals surface area (Å²) >= 11 is 0. The predicted molar refractivity (Wildman–Crippen MR) is 236 cm³/mol. The standard InChI is InChI=1S/C47H88NO8P/c1-6-8-10-12-14-16-18-20-22-23-24-26-28-30-32-34-36-38-40-47(50)56-45(44-55-57(51,52)54-42-41-48(3,4)5)43-53-46(49)39-37-35-33-31-29-27-25-21-19-17-15-13-11-9-7-2/h15,17,21,25,29,31,45H,6-14,16,18-20,22-24,26-28,30,32-44H2,1-5H3/b17-15-,25-21-,31-29-/t45-/m1/s1. The number of nitrogens with zero attached hydrogens (tertiary/aromatic N) is 1. The van der Waals surface area contributed by atoms with E-state index < -0.39 is 32.5 Å². The molecule has 0 saturated carbocycles. The van der Waals surface area contributed by atoms with Crippen LogP contribution in [-0.4, -0.2) is 70.0 Å². The Morgan fingerprint density at radius 2 is 0.947 bits per heavy atom. The van der Waals surface area contributed by atoms with E-state index in [1.54, 1.807) is 0 Å². The number of unbranched alkanes of at least 4 members (excludes halogenated alkanes) is 22. The van der Waals surface area contributed by atoms with Gasteiger partial charge in [0.2, 0.25) is 0 Å². The molecule has 0 fully saturated rings. The van der Waals surface area contributed by atoms with Crippen LogP contribution in [0.15, 0.2) is 36.5 Å². The number of esters is 2. The summed E-state index contributed by atoms with van der Waals surface area (Å²) in [5, 5.41) is 0. The summed E-state index contributed by atoms with van der Waals surface area (Å²) < 4.78 is 33.9. The molecule has 0 aliphatic rings. The van der Waals surface area contributed by atoms with E-state index in [4.69, 9.17) is 18.5 Å². The van der Waals surface area contributed by atoms with E-state index in [2.05, 4.69) is 50.3 Å². The smallest absolute Gasteiger partial charge is 0.306 e. The SMILES string of the molecule is CCCCC/C=C\C/C=C\C/C=C\CCCCC(=O)OC[C@H](COP(=O)([O-])OCC[N+](C)(C)C)OC(=O)CCCCCCCCCCCCCCCCCCCC. The average molecular weight is 826 g/mol. The van der Waals surface area contributed by atoms with Crippen LogP contribution in [0.5, 0.6) is 0 Å². The minimum atomic E-state index is -4.63. The fraction of sp³-hybridized carbons (Fsp3) is 0.830. The zero-order valence-corrected chi connectivity index (χ0v) is 38.4. The molecule has 1 unspecified atom stereocenters. The van der Waals surface area contributed by atoms with Crippen LogP contribution in [0.4, 0.5) is 0 Å². The number of hydrogen-bond donors (Lipinski definition) is 0. The number of ether oxygens (including phenoxy) is 2. The van der Waals surface area contributed by atoms with Crippen molar-refractivity contribution < 1.29 is 42.1 Å². The zero-order valence-electron chi connectivity index (χ0n) is 37.5. The molecule has 0 aromatic carbocycles. The van der Waals surface area contributed by atoms with Gasteiger partial charge in [0.25, 0.3) is 7.82 Å². The Labute approximate surface area is 351 Å². The lowest BCUT2D eigenvalue weighted by atomic mass is 10.0. The third kappa shape index (κ3) is 43.6. The van der Waals surface area contributed by atoms with Crippen LogP contribution >= 0.6 is 7.82 Å². The van der Waals surface area contributed by atoms with Gasteiger partial charge in [0.05, 0.1) is 27.7 Å². The van der Waals surface area contributed by atoms with Crippen LogP contribution in [0.3, 0.4) is 0 Å². The second kappa shape index (κ2) is 39.7. The van der Waals surface area contributed by atoms with Gasteiger partial charge in [-0.3, -0.25) is 14.2 Å². The predicted octanol–water partition coefficient (Wildman–Crippen LogP) is 12.7. The molecule has 0 aromatic rings. The molecule has 10 heteroatoms. The summed E-state index contributed by atoms with van der Waals surface area (Å²) in [7, 11) is 1.15. The van der Waals surface area contributed by atoms with Crippen molar-refractivity contribution in [3.8, 4) is 0 Å². The molecule has 57 heavy (non-hydrogen) atoms. The fourth-order valence-electron chi connectivity index (χ4n) is 6.25. The van der Waals surface area contributed by atoms with E-state index in [1.807, 2.05) is 21.1 Å². The highest BCUT2D eigenvalue weighted by Crippen LogP contribution is 2.38. The number of carbonyl (C=O) groups is 2. The normalized spacial score (nSPS) is 13.9. The number of allylic oxidation sites excluding steroid dienone is 6. The number of quaternary nitrogens is 1. The molecule has 0 rings (SSSR count). The summed E-state index contributed by atoms with van der Waals surface area (Å²) in [5.74, 6) is -0.873. The molecule has 0 spiro atoms. The number of hydrogen-bond acceptors (Lipinski definition) is 8. The Morgan fingerprint density at radius 3 is 1.44 bits per heavy atom. The van der Waals surface area contributed by atoms with Gasteiger partial charge in [-0.25, -0.2) is 0 Å². The Balaban J connectivity index is 4.36. The first-order valence-corrected chi connectivity index (χ1v) is 24.7. The lowest BCUT2D eigenvalue weighted by molar-refractivity contribution is -0.870. The van der Waals surface area contributed by atoms with Crippen molar-refractivity contribution in [2.45, 2.75) is 206 Å². The lowest BCUT2D eigenvalue weighted by Crippen LogP contribution is -2.37. The Kier molecular flexibility index (Phi) is 38.4. The van der Waals surface area contributed by atoms with Crippen molar-refractivity contribution in [1.29, 1.82) is 0 Å². The van der Waals surface area contributed by atoms with Gasteiger partial charge in [-0.05, 0) is 51.4 Å². The van der Waals surface area contributed by atoms with E-state index in [9.17, 15) is 19.0 Å². The highest BCUT2D eigenvalue weighted by atomic mass is 31.2. The highest BCUT2D eigenvalue weighted by molar-refractivity contribution is 7.45. The topological polar surface area (TPSA) is 111 Å². The number of likely N-dealkylation sites (N-methyl/N-ethyl adjacent to an activating group) is 1. The molecule has 0 saturated heterocycles. The molecule has 2 atom stereocenters. The zero-order chi connectivity index (χ0) is 42.1. The van der Waals surface area contributed by atoms with Crippen molar-refractivity contribution in [1.82, 2.24) is 0 Å². The first-order valence-electron chi connectivity index (χ1n) is 23.2. The number of rotatable bonds is 42. The second-order valence-electron chi connectivity index (χ2n) is 16.8. The van der Waals surface area contributed by atoms with Crippen LogP contribution in [-0.2, 0) is 32.7 Å². The van der Waals surface area contributed by atoms with Crippen LogP contribution in [0, 0.1) is 0 Å². The summed E-state index contributed by atoms with van der Waals surface area (Å²) in [5.41, 5.74) is 0.